The molecule has 3 rings (SSSR count). The number of likely N-dealkylation sites (tertiary alicyclic amines) is 1. The number of hydrogen-bond donors (Lipinski definition) is 0. The molecule has 0 atom stereocenters. The first kappa shape index (κ1) is 18.5. The average Bonchev–Trinajstić information content (AvgIpc) is 2.64. The van der Waals surface area contributed by atoms with Crippen molar-refractivity contribution >= 4 is 11.9 Å². The van der Waals surface area contributed by atoms with Gasteiger partial charge in [0.05, 0.1) is 13.2 Å². The Morgan fingerprint density at radius 1 is 1.08 bits per heavy atom. The smallest absolute Gasteiger partial charge is 0.320 e. The summed E-state index contributed by atoms with van der Waals surface area (Å²) in [6.45, 7) is 10.8. The molecule has 0 aromatic rings. The van der Waals surface area contributed by atoms with Crippen LogP contribution in [0.4, 0.5) is 4.79 Å². The minimum Gasteiger partial charge on any atom is -0.378 e. The van der Waals surface area contributed by atoms with Crippen LogP contribution < -0.4 is 0 Å². The molecule has 0 radical (unpaired) electrons. The standard InChI is InChI=1S/C18H32N4O3/c1-15(2)19-8-4-16(5-9-19)22-7-3-6-21(18(22)24)14-17(23)20-10-12-25-13-11-20/h15-16H,3-14H2,1-2H3. The highest BCUT2D eigenvalue weighted by atomic mass is 16.5. The van der Waals surface area contributed by atoms with E-state index in [1.807, 2.05) is 9.80 Å². The highest BCUT2D eigenvalue weighted by molar-refractivity contribution is 5.84. The van der Waals surface area contributed by atoms with Gasteiger partial charge in [0.15, 0.2) is 0 Å². The lowest BCUT2D eigenvalue weighted by Crippen LogP contribution is -2.58. The highest BCUT2D eigenvalue weighted by Gasteiger charge is 2.34. The van der Waals surface area contributed by atoms with Crippen LogP contribution in [-0.2, 0) is 9.53 Å². The van der Waals surface area contributed by atoms with Crippen molar-refractivity contribution in [3.63, 3.8) is 0 Å². The fourth-order valence-corrected chi connectivity index (χ4v) is 4.08. The molecule has 142 valence electrons. The van der Waals surface area contributed by atoms with E-state index in [1.165, 1.54) is 0 Å². The van der Waals surface area contributed by atoms with E-state index in [0.29, 0.717) is 44.9 Å². The first-order valence-corrected chi connectivity index (χ1v) is 9.71. The molecule has 0 saturated carbocycles. The summed E-state index contributed by atoms with van der Waals surface area (Å²) in [7, 11) is 0. The van der Waals surface area contributed by atoms with E-state index in [2.05, 4.69) is 18.7 Å². The van der Waals surface area contributed by atoms with Crippen LogP contribution in [0.1, 0.15) is 33.1 Å². The number of amides is 3. The first-order valence-electron chi connectivity index (χ1n) is 9.71. The molecule has 3 fully saturated rings. The van der Waals surface area contributed by atoms with E-state index < -0.39 is 0 Å². The molecular formula is C18H32N4O3. The lowest BCUT2D eigenvalue weighted by molar-refractivity contribution is -0.136. The summed E-state index contributed by atoms with van der Waals surface area (Å²) in [6.07, 6.45) is 3.02. The van der Waals surface area contributed by atoms with Gasteiger partial charge >= 0.3 is 6.03 Å². The van der Waals surface area contributed by atoms with E-state index in [0.717, 1.165) is 38.9 Å². The summed E-state index contributed by atoms with van der Waals surface area (Å²) < 4.78 is 5.30. The quantitative estimate of drug-likeness (QED) is 0.753. The summed E-state index contributed by atoms with van der Waals surface area (Å²) in [5.41, 5.74) is 0. The fourth-order valence-electron chi connectivity index (χ4n) is 4.08. The largest absolute Gasteiger partial charge is 0.378 e. The van der Waals surface area contributed by atoms with Gasteiger partial charge in [-0.25, -0.2) is 4.79 Å². The van der Waals surface area contributed by atoms with Crippen LogP contribution in [0.5, 0.6) is 0 Å². The van der Waals surface area contributed by atoms with Gasteiger partial charge in [-0.2, -0.15) is 0 Å². The Bertz CT molecular complexity index is 471. The van der Waals surface area contributed by atoms with Gasteiger partial charge in [0.1, 0.15) is 6.54 Å². The molecule has 3 aliphatic heterocycles. The number of morpholine rings is 1. The van der Waals surface area contributed by atoms with E-state index in [-0.39, 0.29) is 18.5 Å². The number of ether oxygens (including phenoxy) is 1. The second-order valence-electron chi connectivity index (χ2n) is 7.61. The molecule has 7 heteroatoms. The van der Waals surface area contributed by atoms with Crippen LogP contribution in [0.2, 0.25) is 0 Å². The van der Waals surface area contributed by atoms with Gasteiger partial charge in [0, 0.05) is 51.4 Å². The van der Waals surface area contributed by atoms with Crippen LogP contribution >= 0.6 is 0 Å². The van der Waals surface area contributed by atoms with Crippen LogP contribution in [0, 0.1) is 0 Å². The number of hydrogen-bond acceptors (Lipinski definition) is 4. The molecule has 7 nitrogen and oxygen atoms in total. The maximum Gasteiger partial charge on any atom is 0.320 e. The Kier molecular flexibility index (Phi) is 6.17. The van der Waals surface area contributed by atoms with Crippen molar-refractivity contribution in [3.8, 4) is 0 Å². The van der Waals surface area contributed by atoms with Crippen molar-refractivity contribution in [2.24, 2.45) is 0 Å². The van der Waals surface area contributed by atoms with Crippen molar-refractivity contribution < 1.29 is 14.3 Å². The summed E-state index contributed by atoms with van der Waals surface area (Å²) in [5, 5.41) is 0. The van der Waals surface area contributed by atoms with Crippen LogP contribution in [0.3, 0.4) is 0 Å². The van der Waals surface area contributed by atoms with Crippen molar-refractivity contribution in [2.75, 3.05) is 59.0 Å². The predicted molar refractivity (Wildman–Crippen MR) is 95.4 cm³/mol. The minimum absolute atomic E-state index is 0.0492. The predicted octanol–water partition coefficient (Wildman–Crippen LogP) is 0.846. The number of urea groups is 1. The number of piperidine rings is 1. The molecule has 0 N–H and O–H groups in total. The van der Waals surface area contributed by atoms with Gasteiger partial charge in [0.2, 0.25) is 5.91 Å². The minimum atomic E-state index is 0.0492. The molecule has 0 aromatic heterocycles. The molecule has 0 spiro atoms. The fraction of sp³-hybridized carbons (Fsp3) is 0.889. The lowest BCUT2D eigenvalue weighted by Gasteiger charge is -2.44. The summed E-state index contributed by atoms with van der Waals surface area (Å²) in [6, 6.07) is 0.945. The van der Waals surface area contributed by atoms with E-state index in [1.54, 1.807) is 4.90 Å². The maximum absolute atomic E-state index is 12.9. The Morgan fingerprint density at radius 3 is 2.40 bits per heavy atom. The third-order valence-corrected chi connectivity index (χ3v) is 5.70. The summed E-state index contributed by atoms with van der Waals surface area (Å²) in [5.74, 6) is 0.0492. The SMILES string of the molecule is CC(C)N1CCC(N2CCCN(CC(=O)N3CCOCC3)C2=O)CC1. The molecule has 3 saturated heterocycles. The Morgan fingerprint density at radius 2 is 1.76 bits per heavy atom. The summed E-state index contributed by atoms with van der Waals surface area (Å²) >= 11 is 0. The third-order valence-electron chi connectivity index (χ3n) is 5.70. The molecule has 3 heterocycles. The van der Waals surface area contributed by atoms with Gasteiger partial charge in [-0.15, -0.1) is 0 Å². The van der Waals surface area contributed by atoms with Crippen LogP contribution in [-0.4, -0.2) is 103 Å². The number of nitrogens with zero attached hydrogens (tertiary/aromatic N) is 4. The van der Waals surface area contributed by atoms with E-state index in [9.17, 15) is 9.59 Å². The Hall–Kier alpha value is -1.34. The van der Waals surface area contributed by atoms with Gasteiger partial charge in [-0.1, -0.05) is 0 Å². The zero-order valence-electron chi connectivity index (χ0n) is 15.7. The maximum atomic E-state index is 12.9. The molecule has 3 amide bonds. The average molecular weight is 352 g/mol. The van der Waals surface area contributed by atoms with Crippen molar-refractivity contribution in [1.29, 1.82) is 0 Å². The summed E-state index contributed by atoms with van der Waals surface area (Å²) in [4.78, 5) is 33.4. The van der Waals surface area contributed by atoms with Crippen molar-refractivity contribution in [3.05, 3.63) is 0 Å². The Balaban J connectivity index is 1.53. The molecule has 0 unspecified atom stereocenters. The molecule has 0 aromatic carbocycles. The first-order chi connectivity index (χ1) is 12.1. The number of rotatable bonds is 4. The van der Waals surface area contributed by atoms with Gasteiger partial charge < -0.3 is 24.3 Å². The highest BCUT2D eigenvalue weighted by Crippen LogP contribution is 2.22. The van der Waals surface area contributed by atoms with Crippen molar-refractivity contribution in [1.82, 2.24) is 19.6 Å². The normalized spacial score (nSPS) is 24.3. The van der Waals surface area contributed by atoms with Crippen LogP contribution in [0.25, 0.3) is 0 Å². The molecule has 25 heavy (non-hydrogen) atoms. The molecular weight excluding hydrogens is 320 g/mol. The third kappa shape index (κ3) is 4.44. The number of carbonyl (C=O) groups excluding carboxylic acids is 2. The monoisotopic (exact) mass is 352 g/mol. The second-order valence-corrected chi connectivity index (χ2v) is 7.61. The number of carbonyl (C=O) groups is 2. The van der Waals surface area contributed by atoms with Gasteiger partial charge in [-0.3, -0.25) is 4.79 Å². The van der Waals surface area contributed by atoms with Gasteiger partial charge in [0.25, 0.3) is 0 Å². The molecule has 3 aliphatic rings. The lowest BCUT2D eigenvalue weighted by atomic mass is 10.0. The van der Waals surface area contributed by atoms with E-state index in [4.69, 9.17) is 4.74 Å². The molecule has 0 aliphatic carbocycles. The second kappa shape index (κ2) is 8.36. The van der Waals surface area contributed by atoms with E-state index >= 15 is 0 Å². The molecule has 0 bridgehead atoms. The zero-order valence-corrected chi connectivity index (χ0v) is 15.7. The van der Waals surface area contributed by atoms with Crippen LogP contribution in [0.15, 0.2) is 0 Å². The van der Waals surface area contributed by atoms with Gasteiger partial charge in [-0.05, 0) is 33.1 Å². The zero-order chi connectivity index (χ0) is 17.8. The van der Waals surface area contributed by atoms with Crippen molar-refractivity contribution in [2.45, 2.75) is 45.2 Å². The topological polar surface area (TPSA) is 56.3 Å². The Labute approximate surface area is 150 Å².